The van der Waals surface area contributed by atoms with Gasteiger partial charge in [-0.25, -0.2) is 0 Å². The van der Waals surface area contributed by atoms with Gasteiger partial charge in [0.2, 0.25) is 0 Å². The molecule has 0 aliphatic heterocycles. The lowest BCUT2D eigenvalue weighted by Crippen LogP contribution is -2.06. The Morgan fingerprint density at radius 1 is 1.60 bits per heavy atom. The van der Waals surface area contributed by atoms with E-state index < -0.39 is 9.04 Å². The van der Waals surface area contributed by atoms with Crippen molar-refractivity contribution in [2.24, 2.45) is 0 Å². The van der Waals surface area contributed by atoms with Crippen LogP contribution in [0, 0.1) is 0 Å². The zero-order valence-corrected chi connectivity index (χ0v) is 8.30. The zero-order valence-electron chi connectivity index (χ0n) is 6.33. The second-order valence-electron chi connectivity index (χ2n) is 2.49. The number of hydrogen-bond acceptors (Lipinski definition) is 2. The molecule has 0 saturated carbocycles. The maximum Gasteiger partial charge on any atom is 0.171 e. The molecule has 1 aromatic heterocycles. The third kappa shape index (κ3) is 2.64. The van der Waals surface area contributed by atoms with Crippen LogP contribution in [-0.2, 0) is 11.0 Å². The van der Waals surface area contributed by atoms with Crippen LogP contribution in [0.5, 0.6) is 0 Å². The average molecular weight is 172 g/mol. The van der Waals surface area contributed by atoms with Gasteiger partial charge in [-0.2, -0.15) is 11.3 Å². The summed E-state index contributed by atoms with van der Waals surface area (Å²) in [5.74, 6) is 0. The molecule has 0 N–H and O–H groups in total. The first-order valence-electron chi connectivity index (χ1n) is 3.41. The fourth-order valence-electron chi connectivity index (χ4n) is 0.638. The van der Waals surface area contributed by atoms with E-state index in [-0.39, 0.29) is 0 Å². The average Bonchev–Trinajstić information content (AvgIpc) is 2.34. The minimum atomic E-state index is -0.811. The molecule has 0 spiro atoms. The van der Waals surface area contributed by atoms with Crippen molar-refractivity contribution in [2.75, 3.05) is 0 Å². The Balaban J connectivity index is 2.28. The van der Waals surface area contributed by atoms with Crippen molar-refractivity contribution in [3.8, 4) is 0 Å². The highest BCUT2D eigenvalue weighted by atomic mass is 32.1. The Morgan fingerprint density at radius 2 is 2.40 bits per heavy atom. The molecule has 0 radical (unpaired) electrons. The Kier molecular flexibility index (Phi) is 3.12. The van der Waals surface area contributed by atoms with E-state index in [2.05, 4.69) is 29.9 Å². The minimum absolute atomic E-state index is 0.811. The van der Waals surface area contributed by atoms with E-state index in [1.165, 1.54) is 5.56 Å². The fraction of sp³-hybridized carbons (Fsp3) is 0.429. The highest BCUT2D eigenvalue weighted by molar-refractivity contribution is 7.07. The lowest BCUT2D eigenvalue weighted by molar-refractivity contribution is 0.315. The second-order valence-corrected chi connectivity index (χ2v) is 5.70. The molecular formula is C7H12OSSi. The predicted molar refractivity (Wildman–Crippen MR) is 48.0 cm³/mol. The third-order valence-electron chi connectivity index (χ3n) is 1.16. The SMILES string of the molecule is C[SiH](C)OCc1ccsc1. The monoisotopic (exact) mass is 172 g/mol. The predicted octanol–water partition coefficient (Wildman–Crippen LogP) is 2.25. The Labute approximate surface area is 67.4 Å². The Hall–Kier alpha value is -0.123. The quantitative estimate of drug-likeness (QED) is 0.635. The normalized spacial score (nSPS) is 10.7. The lowest BCUT2D eigenvalue weighted by Gasteiger charge is -2.03. The summed E-state index contributed by atoms with van der Waals surface area (Å²) in [6.07, 6.45) is 0. The number of thiophene rings is 1. The van der Waals surface area contributed by atoms with Crippen LogP contribution in [0.4, 0.5) is 0 Å². The van der Waals surface area contributed by atoms with Gasteiger partial charge >= 0.3 is 0 Å². The van der Waals surface area contributed by atoms with Gasteiger partial charge in [-0.1, -0.05) is 0 Å². The minimum Gasteiger partial charge on any atom is -0.416 e. The first kappa shape index (κ1) is 7.98. The van der Waals surface area contributed by atoms with Crippen molar-refractivity contribution in [3.05, 3.63) is 22.4 Å². The topological polar surface area (TPSA) is 9.23 Å². The molecule has 10 heavy (non-hydrogen) atoms. The van der Waals surface area contributed by atoms with Crippen LogP contribution in [0.25, 0.3) is 0 Å². The molecule has 1 nitrogen and oxygen atoms in total. The maximum atomic E-state index is 5.53. The molecule has 0 amide bonds. The van der Waals surface area contributed by atoms with Gasteiger partial charge in [0.25, 0.3) is 0 Å². The number of rotatable bonds is 3. The van der Waals surface area contributed by atoms with Crippen molar-refractivity contribution in [2.45, 2.75) is 19.7 Å². The van der Waals surface area contributed by atoms with Crippen molar-refractivity contribution < 1.29 is 4.43 Å². The summed E-state index contributed by atoms with van der Waals surface area (Å²) in [5, 5.41) is 4.22. The van der Waals surface area contributed by atoms with Gasteiger partial charge in [0.1, 0.15) is 0 Å². The zero-order chi connectivity index (χ0) is 7.40. The molecule has 0 bridgehead atoms. The first-order chi connectivity index (χ1) is 4.79. The summed E-state index contributed by atoms with van der Waals surface area (Å²) in [7, 11) is -0.811. The van der Waals surface area contributed by atoms with Crippen molar-refractivity contribution >= 4 is 20.4 Å². The van der Waals surface area contributed by atoms with Gasteiger partial charge in [0.05, 0.1) is 6.61 Å². The summed E-state index contributed by atoms with van der Waals surface area (Å²) in [5.41, 5.74) is 1.31. The highest BCUT2D eigenvalue weighted by Gasteiger charge is 1.96. The maximum absolute atomic E-state index is 5.53. The second kappa shape index (κ2) is 3.90. The largest absolute Gasteiger partial charge is 0.416 e. The molecule has 0 aromatic carbocycles. The molecule has 0 atom stereocenters. The summed E-state index contributed by atoms with van der Waals surface area (Å²) in [6, 6.07) is 2.11. The van der Waals surface area contributed by atoms with Crippen molar-refractivity contribution in [3.63, 3.8) is 0 Å². The van der Waals surface area contributed by atoms with Gasteiger partial charge in [-0.15, -0.1) is 0 Å². The molecule has 1 rings (SSSR count). The smallest absolute Gasteiger partial charge is 0.171 e. The van der Waals surface area contributed by atoms with E-state index in [0.29, 0.717) is 0 Å². The Bertz CT molecular complexity index is 172. The van der Waals surface area contributed by atoms with Crippen LogP contribution in [-0.4, -0.2) is 9.04 Å². The van der Waals surface area contributed by atoms with Crippen LogP contribution in [0.1, 0.15) is 5.56 Å². The molecule has 0 fully saturated rings. The molecule has 1 aromatic rings. The molecule has 0 aliphatic carbocycles. The van der Waals surface area contributed by atoms with Crippen LogP contribution in [0.15, 0.2) is 16.8 Å². The van der Waals surface area contributed by atoms with Crippen LogP contribution < -0.4 is 0 Å². The van der Waals surface area contributed by atoms with Gasteiger partial charge in [0, 0.05) is 0 Å². The summed E-state index contributed by atoms with van der Waals surface area (Å²) < 4.78 is 5.53. The third-order valence-corrected chi connectivity index (χ3v) is 2.73. The molecule has 0 aliphatic rings. The standard InChI is InChI=1S/C7H12OSSi/c1-10(2)8-5-7-3-4-9-6-7/h3-4,6,10H,5H2,1-2H3. The Morgan fingerprint density at radius 3 is 2.90 bits per heavy atom. The first-order valence-corrected chi connectivity index (χ1v) is 7.14. The molecule has 1 heterocycles. The summed E-state index contributed by atoms with van der Waals surface area (Å²) in [4.78, 5) is 0. The molecule has 0 unspecified atom stereocenters. The highest BCUT2D eigenvalue weighted by Crippen LogP contribution is 2.07. The summed E-state index contributed by atoms with van der Waals surface area (Å²) >= 11 is 1.73. The van der Waals surface area contributed by atoms with Crippen LogP contribution in [0.2, 0.25) is 13.1 Å². The molecular weight excluding hydrogens is 160 g/mol. The van der Waals surface area contributed by atoms with E-state index >= 15 is 0 Å². The van der Waals surface area contributed by atoms with E-state index in [9.17, 15) is 0 Å². The number of hydrogen-bond donors (Lipinski definition) is 0. The van der Waals surface area contributed by atoms with Crippen molar-refractivity contribution in [1.29, 1.82) is 0 Å². The van der Waals surface area contributed by atoms with Gasteiger partial charge < -0.3 is 4.43 Å². The van der Waals surface area contributed by atoms with E-state index in [1.54, 1.807) is 11.3 Å². The summed E-state index contributed by atoms with van der Waals surface area (Å²) in [6.45, 7) is 5.19. The van der Waals surface area contributed by atoms with Crippen LogP contribution >= 0.6 is 11.3 Å². The molecule has 56 valence electrons. The van der Waals surface area contributed by atoms with Gasteiger partial charge in [-0.05, 0) is 35.5 Å². The van der Waals surface area contributed by atoms with E-state index in [0.717, 1.165) is 6.61 Å². The lowest BCUT2D eigenvalue weighted by atomic mass is 10.4. The van der Waals surface area contributed by atoms with E-state index in [4.69, 9.17) is 4.43 Å². The van der Waals surface area contributed by atoms with E-state index in [1.807, 2.05) is 0 Å². The van der Waals surface area contributed by atoms with Gasteiger partial charge in [-0.3, -0.25) is 0 Å². The van der Waals surface area contributed by atoms with Crippen LogP contribution in [0.3, 0.4) is 0 Å². The van der Waals surface area contributed by atoms with Crippen molar-refractivity contribution in [1.82, 2.24) is 0 Å². The fourth-order valence-corrected chi connectivity index (χ4v) is 1.82. The molecule has 0 saturated heterocycles. The van der Waals surface area contributed by atoms with Gasteiger partial charge in [0.15, 0.2) is 9.04 Å². The molecule has 3 heteroatoms.